The first-order chi connectivity index (χ1) is 35.1. The summed E-state index contributed by atoms with van der Waals surface area (Å²) in [7, 11) is 0. The van der Waals surface area contributed by atoms with Crippen LogP contribution in [0.5, 0.6) is 0 Å². The Bertz CT molecular complexity index is 4260. The van der Waals surface area contributed by atoms with Gasteiger partial charge in [0, 0.05) is 54.0 Å². The molecule has 0 aliphatic heterocycles. The molecule has 334 valence electrons. The predicted octanol–water partition coefficient (Wildman–Crippen LogP) is 16.4. The fourth-order valence-electron chi connectivity index (χ4n) is 10.0. The van der Waals surface area contributed by atoms with Crippen molar-refractivity contribution in [1.29, 1.82) is 0 Å². The highest BCUT2D eigenvalue weighted by Gasteiger charge is 2.21. The fourth-order valence-corrected chi connectivity index (χ4v) is 11.2. The van der Waals surface area contributed by atoms with E-state index in [9.17, 15) is 0 Å². The molecule has 8 nitrogen and oxygen atoms in total. The van der Waals surface area contributed by atoms with Crippen LogP contribution in [0.15, 0.2) is 243 Å². The first-order valence-electron chi connectivity index (χ1n) is 23.6. The van der Waals surface area contributed by atoms with Gasteiger partial charge in [-0.15, -0.1) is 31.7 Å². The van der Waals surface area contributed by atoms with Crippen LogP contribution in [0.1, 0.15) is 0 Å². The lowest BCUT2D eigenvalue weighted by Crippen LogP contribution is -2.11. The van der Waals surface area contributed by atoms with Gasteiger partial charge in [0.25, 0.3) is 0 Å². The number of thiophene rings is 1. The zero-order valence-corrected chi connectivity index (χ0v) is 38.9. The largest absolute Gasteiger partial charge is 0.310 e. The summed E-state index contributed by atoms with van der Waals surface area (Å²) in [5, 5.41) is 26.6. The van der Waals surface area contributed by atoms with Crippen molar-refractivity contribution in [2.45, 2.75) is 0 Å². The number of benzene rings is 11. The lowest BCUT2D eigenvalue weighted by molar-refractivity contribution is 0.765. The Balaban J connectivity index is 0.873. The molecule has 0 aliphatic rings. The summed E-state index contributed by atoms with van der Waals surface area (Å²) >= 11 is 1.85. The average molecular weight is 929 g/mol. The van der Waals surface area contributed by atoms with E-state index in [2.05, 4.69) is 222 Å². The van der Waals surface area contributed by atoms with E-state index < -0.39 is 0 Å². The van der Waals surface area contributed by atoms with Crippen LogP contribution in [0.2, 0.25) is 0 Å². The molecule has 11 aromatic carbocycles. The lowest BCUT2D eigenvalue weighted by Gasteiger charge is -2.27. The van der Waals surface area contributed by atoms with Gasteiger partial charge in [-0.05, 0) is 149 Å². The van der Waals surface area contributed by atoms with Crippen LogP contribution in [-0.4, -0.2) is 30.0 Å². The molecule has 0 fully saturated rings. The number of rotatable bonds is 9. The molecule has 0 bridgehead atoms. The molecule has 3 heterocycles. The molecule has 0 N–H and O–H groups in total. The third-order valence-electron chi connectivity index (χ3n) is 13.4. The van der Waals surface area contributed by atoms with E-state index >= 15 is 0 Å². The molecule has 0 saturated carbocycles. The van der Waals surface area contributed by atoms with E-state index in [1.54, 1.807) is 9.59 Å². The molecule has 0 atom stereocenters. The Labute approximate surface area is 412 Å². The summed E-state index contributed by atoms with van der Waals surface area (Å²) in [6.07, 6.45) is 0. The first kappa shape index (κ1) is 40.6. The Morgan fingerprint density at radius 1 is 0.310 bits per heavy atom. The van der Waals surface area contributed by atoms with Crippen molar-refractivity contribution in [1.82, 2.24) is 30.0 Å². The summed E-state index contributed by atoms with van der Waals surface area (Å²) in [4.78, 5) is 8.15. The van der Waals surface area contributed by atoms with Gasteiger partial charge in [0.15, 0.2) is 0 Å². The summed E-state index contributed by atoms with van der Waals surface area (Å²) in [5.41, 5.74) is 13.8. The zero-order valence-electron chi connectivity index (χ0n) is 38.1. The zero-order chi connectivity index (χ0) is 46.8. The van der Waals surface area contributed by atoms with Crippen molar-refractivity contribution in [3.63, 3.8) is 0 Å². The van der Waals surface area contributed by atoms with E-state index in [4.69, 9.17) is 20.4 Å². The average Bonchev–Trinajstić information content (AvgIpc) is 4.17. The quantitative estimate of drug-likeness (QED) is 0.144. The van der Waals surface area contributed by atoms with Gasteiger partial charge in [-0.3, -0.25) is 0 Å². The second-order valence-electron chi connectivity index (χ2n) is 17.7. The van der Waals surface area contributed by atoms with Crippen molar-refractivity contribution in [2.24, 2.45) is 0 Å². The number of hydrogen-bond donors (Lipinski definition) is 0. The van der Waals surface area contributed by atoms with Gasteiger partial charge in [-0.1, -0.05) is 121 Å². The van der Waals surface area contributed by atoms with Gasteiger partial charge in [0.1, 0.15) is 22.1 Å². The van der Waals surface area contributed by atoms with E-state index in [0.717, 1.165) is 84.1 Å². The van der Waals surface area contributed by atoms with Crippen molar-refractivity contribution in [3.05, 3.63) is 243 Å². The SMILES string of the molecule is c1ccc(-c2ccc3nn(-c4cccc(N(c5ccccc5)c5cc6sc7cc8ccc(N(c9ccccc9)c9ccc(-n%10nc%11ccccc%11n%10)cc9)cc8cc7c6c6ccccc56)c4)nc3c2)cc1. The minimum absolute atomic E-state index is 0.845. The molecular formula is C62H40N8S. The Morgan fingerprint density at radius 2 is 0.887 bits per heavy atom. The van der Waals surface area contributed by atoms with Gasteiger partial charge in [0.05, 0.1) is 17.1 Å². The summed E-state index contributed by atoms with van der Waals surface area (Å²) in [5.74, 6) is 0. The van der Waals surface area contributed by atoms with Crippen molar-refractivity contribution in [2.75, 3.05) is 9.80 Å². The highest BCUT2D eigenvalue weighted by molar-refractivity contribution is 7.26. The molecule has 71 heavy (non-hydrogen) atoms. The number of aromatic nitrogens is 6. The first-order valence-corrected chi connectivity index (χ1v) is 24.4. The predicted molar refractivity (Wildman–Crippen MR) is 294 cm³/mol. The van der Waals surface area contributed by atoms with E-state index in [1.165, 1.54) is 36.3 Å². The molecular weight excluding hydrogens is 889 g/mol. The van der Waals surface area contributed by atoms with Crippen LogP contribution < -0.4 is 9.80 Å². The number of anilines is 6. The Hall–Kier alpha value is -9.44. The molecule has 3 aromatic heterocycles. The van der Waals surface area contributed by atoms with E-state index in [1.807, 2.05) is 41.7 Å². The van der Waals surface area contributed by atoms with Gasteiger partial charge in [-0.25, -0.2) is 0 Å². The highest BCUT2D eigenvalue weighted by Crippen LogP contribution is 2.48. The van der Waals surface area contributed by atoms with Crippen LogP contribution in [0.3, 0.4) is 0 Å². The Kier molecular flexibility index (Phi) is 9.53. The minimum Gasteiger partial charge on any atom is -0.310 e. The van der Waals surface area contributed by atoms with Crippen LogP contribution in [0.4, 0.5) is 34.1 Å². The standard InChI is InChI=1S/C62H40N8S/c1-4-15-41(16-5-1)42-28-34-57-58(37-42)66-70(65-57)51-22-14-21-49(39-51)68(46-19-8-3-9-20-46)59-40-61-62(53-24-11-10-23-52(53)59)54-36-44-35-50(29-27-43(44)38-60(54)71-61)67(45-17-6-2-7-18-45)47-30-32-48(33-31-47)69-63-55-25-12-13-26-56(55)64-69/h1-40H. The van der Waals surface area contributed by atoms with Crippen LogP contribution in [-0.2, 0) is 0 Å². The molecule has 0 amide bonds. The molecule has 0 aliphatic carbocycles. The molecule has 0 unspecified atom stereocenters. The maximum atomic E-state index is 5.00. The number of nitrogens with zero attached hydrogens (tertiary/aromatic N) is 8. The van der Waals surface area contributed by atoms with Gasteiger partial charge in [-0.2, -0.15) is 9.59 Å². The highest BCUT2D eigenvalue weighted by atomic mass is 32.1. The summed E-state index contributed by atoms with van der Waals surface area (Å²) in [6.45, 7) is 0. The second kappa shape index (κ2) is 16.7. The van der Waals surface area contributed by atoms with Gasteiger partial charge >= 0.3 is 0 Å². The van der Waals surface area contributed by atoms with Crippen molar-refractivity contribution in [3.8, 4) is 22.5 Å². The number of fused-ring (bicyclic) bond motifs is 8. The van der Waals surface area contributed by atoms with E-state index in [0.29, 0.717) is 0 Å². The molecule has 0 saturated heterocycles. The molecule has 9 heteroatoms. The maximum Gasteiger partial charge on any atom is 0.114 e. The second-order valence-corrected chi connectivity index (χ2v) is 18.8. The monoisotopic (exact) mass is 928 g/mol. The van der Waals surface area contributed by atoms with Gasteiger partial charge in [0.2, 0.25) is 0 Å². The minimum atomic E-state index is 0.845. The van der Waals surface area contributed by atoms with Crippen molar-refractivity contribution < 1.29 is 0 Å². The van der Waals surface area contributed by atoms with E-state index in [-0.39, 0.29) is 0 Å². The van der Waals surface area contributed by atoms with Crippen LogP contribution in [0.25, 0.3) is 86.3 Å². The molecule has 0 spiro atoms. The third-order valence-corrected chi connectivity index (χ3v) is 14.5. The fraction of sp³-hybridized carbons (Fsp3) is 0. The summed E-state index contributed by atoms with van der Waals surface area (Å²) in [6, 6.07) is 85.6. The number of hydrogen-bond acceptors (Lipinski definition) is 7. The smallest absolute Gasteiger partial charge is 0.114 e. The molecule has 14 rings (SSSR count). The normalized spacial score (nSPS) is 11.7. The lowest BCUT2D eigenvalue weighted by atomic mass is 9.99. The molecule has 14 aromatic rings. The van der Waals surface area contributed by atoms with Crippen LogP contribution in [0, 0.1) is 0 Å². The van der Waals surface area contributed by atoms with Crippen LogP contribution >= 0.6 is 11.3 Å². The van der Waals surface area contributed by atoms with Gasteiger partial charge < -0.3 is 9.80 Å². The maximum absolute atomic E-state index is 5.00. The molecule has 0 radical (unpaired) electrons. The third kappa shape index (κ3) is 7.14. The topological polar surface area (TPSA) is 67.9 Å². The Morgan fingerprint density at radius 3 is 1.63 bits per heavy atom. The summed E-state index contributed by atoms with van der Waals surface area (Å²) < 4.78 is 2.47. The van der Waals surface area contributed by atoms with Crippen molar-refractivity contribution >= 4 is 109 Å². The number of para-hydroxylation sites is 2.